The lowest BCUT2D eigenvalue weighted by Gasteiger charge is -2.09. The second kappa shape index (κ2) is 9.71. The molecule has 4 aromatic rings. The molecule has 0 saturated heterocycles. The molecule has 6 heteroatoms. The van der Waals surface area contributed by atoms with E-state index in [4.69, 9.17) is 26.5 Å². The highest BCUT2D eigenvalue weighted by Crippen LogP contribution is 2.33. The molecule has 0 spiro atoms. The fourth-order valence-electron chi connectivity index (χ4n) is 3.56. The maximum atomic E-state index is 11.0. The van der Waals surface area contributed by atoms with Gasteiger partial charge in [0.15, 0.2) is 6.61 Å². The number of nitrogens with zero attached hydrogens (tertiary/aromatic N) is 2. The molecular formula is C26H23ClN2O3. The first-order valence-electron chi connectivity index (χ1n) is 10.3. The fourth-order valence-corrected chi connectivity index (χ4v) is 3.69. The van der Waals surface area contributed by atoms with E-state index in [9.17, 15) is 4.79 Å². The van der Waals surface area contributed by atoms with Crippen LogP contribution >= 0.6 is 11.6 Å². The fraction of sp³-hybridized carbons (Fsp3) is 0.154. The van der Waals surface area contributed by atoms with Gasteiger partial charge in [0.05, 0.1) is 11.4 Å². The molecule has 162 valence electrons. The van der Waals surface area contributed by atoms with Gasteiger partial charge in [0.2, 0.25) is 0 Å². The van der Waals surface area contributed by atoms with Gasteiger partial charge < -0.3 is 9.84 Å². The first kappa shape index (κ1) is 21.7. The monoisotopic (exact) mass is 446 g/mol. The molecule has 5 nitrogen and oxygen atoms in total. The van der Waals surface area contributed by atoms with Crippen LogP contribution in [0.4, 0.5) is 0 Å². The van der Waals surface area contributed by atoms with E-state index in [-0.39, 0.29) is 0 Å². The number of aryl methyl sites for hydroxylation is 3. The van der Waals surface area contributed by atoms with Crippen LogP contribution in [0, 0.1) is 6.92 Å². The highest BCUT2D eigenvalue weighted by molar-refractivity contribution is 6.30. The van der Waals surface area contributed by atoms with Crippen molar-refractivity contribution in [3.8, 4) is 28.3 Å². The van der Waals surface area contributed by atoms with Crippen molar-refractivity contribution in [3.63, 3.8) is 0 Å². The number of benzene rings is 3. The standard InChI is InChI=1S/C26H23ClN2O3/c1-18-7-12-25(32-17-26(30)31)22(15-18)23-16-24(20-8-10-21(27)11-9-20)29(28-23)14-13-19-5-3-2-4-6-19/h2-12,15-16H,13-14,17H2,1H3,(H,30,31). The van der Waals surface area contributed by atoms with E-state index in [0.717, 1.165) is 34.5 Å². The Morgan fingerprint density at radius 2 is 1.78 bits per heavy atom. The molecule has 0 amide bonds. The number of rotatable bonds is 8. The first-order valence-corrected chi connectivity index (χ1v) is 10.7. The lowest BCUT2D eigenvalue weighted by molar-refractivity contribution is -0.139. The zero-order chi connectivity index (χ0) is 22.5. The lowest BCUT2D eigenvalue weighted by atomic mass is 10.1. The van der Waals surface area contributed by atoms with E-state index in [1.54, 1.807) is 6.07 Å². The highest BCUT2D eigenvalue weighted by Gasteiger charge is 2.16. The summed E-state index contributed by atoms with van der Waals surface area (Å²) in [7, 11) is 0. The maximum Gasteiger partial charge on any atom is 0.341 e. The predicted molar refractivity (Wildman–Crippen MR) is 126 cm³/mol. The molecule has 0 fully saturated rings. The van der Waals surface area contributed by atoms with Gasteiger partial charge in [-0.25, -0.2) is 4.79 Å². The molecule has 3 aromatic carbocycles. The second-order valence-electron chi connectivity index (χ2n) is 7.56. The summed E-state index contributed by atoms with van der Waals surface area (Å²) in [4.78, 5) is 11.0. The Morgan fingerprint density at radius 3 is 2.50 bits per heavy atom. The summed E-state index contributed by atoms with van der Waals surface area (Å²) in [5.74, 6) is -0.528. The number of carbonyl (C=O) groups is 1. The minimum atomic E-state index is -1.02. The Morgan fingerprint density at radius 1 is 1.03 bits per heavy atom. The van der Waals surface area contributed by atoms with Crippen LogP contribution in [0.5, 0.6) is 5.75 Å². The quantitative estimate of drug-likeness (QED) is 0.367. The van der Waals surface area contributed by atoms with E-state index in [1.807, 2.05) is 72.3 Å². The van der Waals surface area contributed by atoms with E-state index >= 15 is 0 Å². The molecular weight excluding hydrogens is 424 g/mol. The van der Waals surface area contributed by atoms with Crippen molar-refractivity contribution in [3.05, 3.63) is 95.0 Å². The number of hydrogen-bond acceptors (Lipinski definition) is 3. The van der Waals surface area contributed by atoms with Crippen LogP contribution in [0.2, 0.25) is 5.02 Å². The summed E-state index contributed by atoms with van der Waals surface area (Å²) >= 11 is 6.09. The average molecular weight is 447 g/mol. The minimum Gasteiger partial charge on any atom is -0.481 e. The first-order chi connectivity index (χ1) is 15.5. The maximum absolute atomic E-state index is 11.0. The summed E-state index contributed by atoms with van der Waals surface area (Å²) < 4.78 is 7.52. The SMILES string of the molecule is Cc1ccc(OCC(=O)O)c(-c2cc(-c3ccc(Cl)cc3)n(CCc3ccccc3)n2)c1. The Bertz CT molecular complexity index is 1220. The summed E-state index contributed by atoms with van der Waals surface area (Å²) in [5, 5.41) is 14.6. The predicted octanol–water partition coefficient (Wildman–Crippen LogP) is 5.89. The number of hydrogen-bond donors (Lipinski definition) is 1. The molecule has 0 aliphatic heterocycles. The number of halogens is 1. The van der Waals surface area contributed by atoms with Gasteiger partial charge in [0.1, 0.15) is 5.75 Å². The average Bonchev–Trinajstić information content (AvgIpc) is 3.22. The van der Waals surface area contributed by atoms with Crippen LogP contribution in [-0.2, 0) is 17.8 Å². The summed E-state index contributed by atoms with van der Waals surface area (Å²) in [6, 6.07) is 25.6. The molecule has 1 aromatic heterocycles. The zero-order valence-corrected chi connectivity index (χ0v) is 18.4. The molecule has 32 heavy (non-hydrogen) atoms. The number of carboxylic acids is 1. The highest BCUT2D eigenvalue weighted by atomic mass is 35.5. The van der Waals surface area contributed by atoms with Crippen LogP contribution < -0.4 is 4.74 Å². The van der Waals surface area contributed by atoms with Gasteiger partial charge in [0.25, 0.3) is 0 Å². The summed E-state index contributed by atoms with van der Waals surface area (Å²) in [6.45, 7) is 2.27. The number of carboxylic acid groups (broad SMARTS) is 1. The van der Waals surface area contributed by atoms with Crippen molar-refractivity contribution < 1.29 is 14.6 Å². The van der Waals surface area contributed by atoms with Crippen LogP contribution in [0.15, 0.2) is 78.9 Å². The molecule has 4 rings (SSSR count). The van der Waals surface area contributed by atoms with E-state index in [1.165, 1.54) is 5.56 Å². The smallest absolute Gasteiger partial charge is 0.341 e. The molecule has 0 atom stereocenters. The van der Waals surface area contributed by atoms with Crippen molar-refractivity contribution in [2.45, 2.75) is 19.9 Å². The van der Waals surface area contributed by atoms with Gasteiger partial charge in [-0.1, -0.05) is 65.7 Å². The molecule has 0 unspecified atom stereocenters. The summed E-state index contributed by atoms with van der Waals surface area (Å²) in [5.41, 5.74) is 5.72. The van der Waals surface area contributed by atoms with Gasteiger partial charge in [0, 0.05) is 17.1 Å². The van der Waals surface area contributed by atoms with E-state index in [0.29, 0.717) is 17.3 Å². The Labute approximate surface area is 191 Å². The molecule has 0 radical (unpaired) electrons. The Balaban J connectivity index is 1.74. The molecule has 0 aliphatic carbocycles. The van der Waals surface area contributed by atoms with Gasteiger partial charge in [-0.15, -0.1) is 0 Å². The van der Waals surface area contributed by atoms with Crippen molar-refractivity contribution in [2.75, 3.05) is 6.61 Å². The molecule has 0 aliphatic rings. The van der Waals surface area contributed by atoms with Crippen LogP contribution in [-0.4, -0.2) is 27.5 Å². The molecule has 1 N–H and O–H groups in total. The molecule has 1 heterocycles. The zero-order valence-electron chi connectivity index (χ0n) is 17.7. The van der Waals surface area contributed by atoms with Crippen molar-refractivity contribution in [1.29, 1.82) is 0 Å². The topological polar surface area (TPSA) is 64.3 Å². The van der Waals surface area contributed by atoms with Crippen molar-refractivity contribution in [2.24, 2.45) is 0 Å². The normalized spacial score (nSPS) is 10.8. The lowest BCUT2D eigenvalue weighted by Crippen LogP contribution is -2.10. The van der Waals surface area contributed by atoms with Crippen molar-refractivity contribution >= 4 is 17.6 Å². The van der Waals surface area contributed by atoms with E-state index < -0.39 is 12.6 Å². The van der Waals surface area contributed by atoms with Crippen LogP contribution in [0.3, 0.4) is 0 Å². The number of ether oxygens (including phenoxy) is 1. The molecule has 0 saturated carbocycles. The second-order valence-corrected chi connectivity index (χ2v) is 8.00. The van der Waals surface area contributed by atoms with Gasteiger partial charge in [-0.05, 0) is 54.8 Å². The van der Waals surface area contributed by atoms with Crippen LogP contribution in [0.25, 0.3) is 22.5 Å². The largest absolute Gasteiger partial charge is 0.481 e. The third-order valence-corrected chi connectivity index (χ3v) is 5.39. The Kier molecular flexibility index (Phi) is 6.57. The van der Waals surface area contributed by atoms with Gasteiger partial charge >= 0.3 is 5.97 Å². The third-order valence-electron chi connectivity index (χ3n) is 5.14. The van der Waals surface area contributed by atoms with Crippen LogP contribution in [0.1, 0.15) is 11.1 Å². The molecule has 0 bridgehead atoms. The summed E-state index contributed by atoms with van der Waals surface area (Å²) in [6.07, 6.45) is 0.832. The van der Waals surface area contributed by atoms with E-state index in [2.05, 4.69) is 12.1 Å². The van der Waals surface area contributed by atoms with Crippen molar-refractivity contribution in [1.82, 2.24) is 9.78 Å². The van der Waals surface area contributed by atoms with Gasteiger partial charge in [-0.2, -0.15) is 5.10 Å². The Hall–Kier alpha value is -3.57. The van der Waals surface area contributed by atoms with Gasteiger partial charge in [-0.3, -0.25) is 4.68 Å². The number of aliphatic carboxylic acids is 1. The minimum absolute atomic E-state index is 0.408. The third kappa shape index (κ3) is 5.18. The number of aromatic nitrogens is 2.